The number of carbonyl (C=O) groups is 1. The summed E-state index contributed by atoms with van der Waals surface area (Å²) in [6.45, 7) is 7.02. The zero-order valence-corrected chi connectivity index (χ0v) is 19.3. The first kappa shape index (κ1) is 22.7. The van der Waals surface area contributed by atoms with Crippen molar-refractivity contribution in [1.82, 2.24) is 15.2 Å². The topological polar surface area (TPSA) is 108 Å². The summed E-state index contributed by atoms with van der Waals surface area (Å²) in [5, 5.41) is 8.05. The first-order valence-corrected chi connectivity index (χ1v) is 11.6. The van der Waals surface area contributed by atoms with E-state index in [2.05, 4.69) is 30.4 Å². The summed E-state index contributed by atoms with van der Waals surface area (Å²) in [6, 6.07) is 5.84. The highest BCUT2D eigenvalue weighted by atomic mass is 35.5. The number of para-hydroxylation sites is 1. The molecule has 1 aromatic carbocycles. The quantitative estimate of drug-likeness (QED) is 0.563. The van der Waals surface area contributed by atoms with Crippen LogP contribution < -0.4 is 21.3 Å². The second-order valence-electron chi connectivity index (χ2n) is 7.45. The number of hydrogen-bond donors (Lipinski definition) is 3. The second-order valence-corrected chi connectivity index (χ2v) is 8.89. The Labute approximate surface area is 195 Å². The minimum atomic E-state index is -0.505. The van der Waals surface area contributed by atoms with Gasteiger partial charge < -0.3 is 20.7 Å². The van der Waals surface area contributed by atoms with Crippen molar-refractivity contribution in [1.29, 1.82) is 0 Å². The molecule has 0 bridgehead atoms. The van der Waals surface area contributed by atoms with Crippen LogP contribution in [0.25, 0.3) is 0 Å². The van der Waals surface area contributed by atoms with Crippen LogP contribution >= 0.6 is 22.9 Å². The molecule has 4 N–H and O–H groups in total. The Morgan fingerprint density at radius 2 is 2.19 bits per heavy atom. The number of nitrogens with two attached hydrogens (primary N) is 1. The van der Waals surface area contributed by atoms with Crippen molar-refractivity contribution in [2.24, 2.45) is 10.7 Å². The van der Waals surface area contributed by atoms with Crippen LogP contribution in [0.1, 0.15) is 15.2 Å². The van der Waals surface area contributed by atoms with E-state index in [0.29, 0.717) is 20.9 Å². The van der Waals surface area contributed by atoms with Crippen molar-refractivity contribution in [2.75, 3.05) is 49.6 Å². The molecule has 1 atom stereocenters. The summed E-state index contributed by atoms with van der Waals surface area (Å²) < 4.78 is 5.44. The van der Waals surface area contributed by atoms with Crippen LogP contribution in [0.5, 0.6) is 0 Å². The van der Waals surface area contributed by atoms with E-state index in [4.69, 9.17) is 22.1 Å². The number of anilines is 2. The minimum absolute atomic E-state index is 0.305. The summed E-state index contributed by atoms with van der Waals surface area (Å²) in [5.74, 6) is 0.147. The lowest BCUT2D eigenvalue weighted by molar-refractivity contribution is 0.0383. The average molecular weight is 476 g/mol. The Balaban J connectivity index is 1.55. The standard InChI is InChI=1S/C21H26ClN7O2S/c1-14-3-2-4-15(22)17(14)29-8-6-24-19(27-21-26-13-16(32-21)18(23)30)20(29)25-5-7-28-9-11-31-12-10-28/h2-4,6,8,13,20,25H,5,7,9-12H2,1H3,(H2,23,30)(H,24,26,27). The number of hydrogen-bond acceptors (Lipinski definition) is 9. The lowest BCUT2D eigenvalue weighted by Crippen LogP contribution is -2.54. The highest BCUT2D eigenvalue weighted by Crippen LogP contribution is 2.32. The molecule has 2 aliphatic rings. The number of primary amides is 1. The first-order valence-electron chi connectivity index (χ1n) is 10.4. The van der Waals surface area contributed by atoms with Crippen molar-refractivity contribution >= 4 is 45.5 Å². The van der Waals surface area contributed by atoms with Crippen LogP contribution in [0.15, 0.2) is 41.8 Å². The molecule has 1 amide bonds. The molecular formula is C21H26ClN7O2S. The Kier molecular flexibility index (Phi) is 7.38. The van der Waals surface area contributed by atoms with Crippen LogP contribution in [0.2, 0.25) is 5.02 Å². The van der Waals surface area contributed by atoms with Crippen LogP contribution in [0, 0.1) is 6.92 Å². The highest BCUT2D eigenvalue weighted by molar-refractivity contribution is 7.17. The lowest BCUT2D eigenvalue weighted by Gasteiger charge is -2.36. The Hall–Kier alpha value is -2.50. The van der Waals surface area contributed by atoms with Gasteiger partial charge in [0.25, 0.3) is 5.91 Å². The summed E-state index contributed by atoms with van der Waals surface area (Å²) in [6.07, 6.45) is 4.78. The fourth-order valence-corrected chi connectivity index (χ4v) is 4.66. The lowest BCUT2D eigenvalue weighted by atomic mass is 10.1. The van der Waals surface area contributed by atoms with Gasteiger partial charge in [-0.05, 0) is 18.6 Å². The molecule has 1 fully saturated rings. The van der Waals surface area contributed by atoms with E-state index >= 15 is 0 Å². The molecular weight excluding hydrogens is 450 g/mol. The van der Waals surface area contributed by atoms with Crippen LogP contribution in [-0.2, 0) is 4.74 Å². The SMILES string of the molecule is Cc1cccc(Cl)c1N1C=CN=C(Nc2ncc(C(N)=O)s2)C1NCCN1CCOCC1. The molecule has 4 rings (SSSR count). The monoisotopic (exact) mass is 475 g/mol. The van der Waals surface area contributed by atoms with Crippen molar-refractivity contribution in [3.8, 4) is 0 Å². The molecule has 11 heteroatoms. The number of benzene rings is 1. The third-order valence-electron chi connectivity index (χ3n) is 5.28. The van der Waals surface area contributed by atoms with Gasteiger partial charge >= 0.3 is 0 Å². The smallest absolute Gasteiger partial charge is 0.260 e. The normalized spacial score (nSPS) is 19.1. The zero-order chi connectivity index (χ0) is 22.5. The maximum absolute atomic E-state index is 11.4. The predicted octanol–water partition coefficient (Wildman–Crippen LogP) is 2.25. The zero-order valence-electron chi connectivity index (χ0n) is 17.8. The Morgan fingerprint density at radius 1 is 1.38 bits per heavy atom. The molecule has 0 aliphatic carbocycles. The summed E-state index contributed by atoms with van der Waals surface area (Å²) in [5.41, 5.74) is 7.32. The number of carbonyl (C=O) groups excluding carboxylic acids is 1. The number of halogens is 1. The van der Waals surface area contributed by atoms with Gasteiger partial charge in [0, 0.05) is 38.6 Å². The molecule has 2 aliphatic heterocycles. The van der Waals surface area contributed by atoms with Gasteiger partial charge in [-0.1, -0.05) is 35.1 Å². The van der Waals surface area contributed by atoms with Gasteiger partial charge in [0.1, 0.15) is 16.9 Å². The number of amides is 1. The number of morpholine rings is 1. The van der Waals surface area contributed by atoms with E-state index in [9.17, 15) is 4.79 Å². The number of amidine groups is 1. The maximum atomic E-state index is 11.4. The van der Waals surface area contributed by atoms with E-state index in [-0.39, 0.29) is 6.17 Å². The molecule has 1 saturated heterocycles. The van der Waals surface area contributed by atoms with E-state index in [1.165, 1.54) is 17.5 Å². The third-order valence-corrected chi connectivity index (χ3v) is 6.51. The van der Waals surface area contributed by atoms with Crippen LogP contribution in [0.4, 0.5) is 10.8 Å². The molecule has 0 saturated carbocycles. The van der Waals surface area contributed by atoms with E-state index < -0.39 is 5.91 Å². The fraction of sp³-hybridized carbons (Fsp3) is 0.381. The average Bonchev–Trinajstić information content (AvgIpc) is 3.25. The van der Waals surface area contributed by atoms with E-state index in [1.54, 1.807) is 6.20 Å². The second kappa shape index (κ2) is 10.4. The van der Waals surface area contributed by atoms with Gasteiger partial charge in [0.05, 0.1) is 30.1 Å². The van der Waals surface area contributed by atoms with Crippen LogP contribution in [0.3, 0.4) is 0 Å². The minimum Gasteiger partial charge on any atom is -0.379 e. The number of aromatic nitrogens is 1. The molecule has 9 nitrogen and oxygen atoms in total. The first-order chi connectivity index (χ1) is 15.5. The number of nitrogens with one attached hydrogen (secondary N) is 2. The van der Waals surface area contributed by atoms with Gasteiger partial charge in [-0.2, -0.15) is 0 Å². The molecule has 0 radical (unpaired) electrons. The Morgan fingerprint density at radius 3 is 2.91 bits per heavy atom. The number of thiazole rings is 1. The van der Waals surface area contributed by atoms with Crippen LogP contribution in [-0.4, -0.2) is 67.2 Å². The largest absolute Gasteiger partial charge is 0.379 e. The molecule has 0 spiro atoms. The highest BCUT2D eigenvalue weighted by Gasteiger charge is 2.28. The van der Waals surface area contributed by atoms with Crippen molar-refractivity contribution in [2.45, 2.75) is 13.1 Å². The molecule has 1 aromatic heterocycles. The number of aryl methyl sites for hydroxylation is 1. The van der Waals surface area contributed by atoms with Gasteiger partial charge in [0.15, 0.2) is 5.13 Å². The van der Waals surface area contributed by atoms with Gasteiger partial charge in [-0.25, -0.2) is 9.98 Å². The van der Waals surface area contributed by atoms with Crippen molar-refractivity contribution in [3.05, 3.63) is 52.3 Å². The fourth-order valence-electron chi connectivity index (χ4n) is 3.66. The van der Waals surface area contributed by atoms with E-state index in [0.717, 1.165) is 50.6 Å². The van der Waals surface area contributed by atoms with Gasteiger partial charge in [-0.15, -0.1) is 0 Å². The summed E-state index contributed by atoms with van der Waals surface area (Å²) in [7, 11) is 0. The number of rotatable bonds is 7. The van der Waals surface area contributed by atoms with Crippen molar-refractivity contribution in [3.63, 3.8) is 0 Å². The number of aliphatic imine (C=N–C) groups is 1. The summed E-state index contributed by atoms with van der Waals surface area (Å²) in [4.78, 5) is 25.1. The third kappa shape index (κ3) is 5.28. The molecule has 2 aromatic rings. The van der Waals surface area contributed by atoms with Gasteiger partial charge in [0.2, 0.25) is 0 Å². The Bertz CT molecular complexity index is 999. The molecule has 170 valence electrons. The molecule has 3 heterocycles. The maximum Gasteiger partial charge on any atom is 0.260 e. The summed E-state index contributed by atoms with van der Waals surface area (Å²) >= 11 is 7.77. The van der Waals surface area contributed by atoms with E-state index in [1.807, 2.05) is 31.3 Å². The number of ether oxygens (including phenoxy) is 1. The van der Waals surface area contributed by atoms with Gasteiger partial charge in [-0.3, -0.25) is 15.0 Å². The molecule has 32 heavy (non-hydrogen) atoms. The molecule has 1 unspecified atom stereocenters. The van der Waals surface area contributed by atoms with Crippen molar-refractivity contribution < 1.29 is 9.53 Å². The number of nitrogens with zero attached hydrogens (tertiary/aromatic N) is 4. The predicted molar refractivity (Wildman–Crippen MR) is 129 cm³/mol.